The van der Waals surface area contributed by atoms with E-state index in [2.05, 4.69) is 37.2 Å². The fraction of sp³-hybridized carbons (Fsp3) is 0.286. The van der Waals surface area contributed by atoms with Crippen molar-refractivity contribution >= 4 is 61.0 Å². The summed E-state index contributed by atoms with van der Waals surface area (Å²) in [4.78, 5) is 38.4. The molecule has 1 atom stereocenters. The maximum atomic E-state index is 12.3. The number of hydrogen-bond acceptors (Lipinski definition) is 4. The molecule has 1 saturated heterocycles. The zero-order valence-electron chi connectivity index (χ0n) is 16.0. The second-order valence-corrected chi connectivity index (χ2v) is 8.65. The molecule has 152 valence electrons. The molecule has 0 radical (unpaired) electrons. The minimum absolute atomic E-state index is 0.0710. The highest BCUT2D eigenvalue weighted by Gasteiger charge is 2.36. The summed E-state index contributed by atoms with van der Waals surface area (Å²) in [7, 11) is 0. The second-order valence-electron chi connectivity index (χ2n) is 6.88. The Morgan fingerprint density at radius 1 is 1.10 bits per heavy atom. The maximum Gasteiger partial charge on any atom is 0.311 e. The van der Waals surface area contributed by atoms with Gasteiger partial charge in [-0.3, -0.25) is 14.4 Å². The molecule has 0 bridgehead atoms. The average Bonchev–Trinajstić information content (AvgIpc) is 3.09. The van der Waals surface area contributed by atoms with Crippen molar-refractivity contribution in [1.29, 1.82) is 0 Å². The Bertz CT molecular complexity index is 960. The number of benzene rings is 2. The number of rotatable bonds is 5. The normalized spacial score (nSPS) is 16.1. The highest BCUT2D eigenvalue weighted by Crippen LogP contribution is 2.28. The smallest absolute Gasteiger partial charge is 0.311 e. The summed E-state index contributed by atoms with van der Waals surface area (Å²) in [5.41, 5.74) is 3.36. The van der Waals surface area contributed by atoms with Crippen LogP contribution in [0, 0.1) is 19.8 Å². The van der Waals surface area contributed by atoms with Crippen LogP contribution < -0.4 is 10.2 Å². The quantitative estimate of drug-likeness (QED) is 0.591. The number of anilines is 2. The van der Waals surface area contributed by atoms with Crippen molar-refractivity contribution in [3.8, 4) is 0 Å². The van der Waals surface area contributed by atoms with Crippen molar-refractivity contribution < 1.29 is 19.1 Å². The number of hydrogen-bond donors (Lipinski definition) is 1. The van der Waals surface area contributed by atoms with Crippen LogP contribution in [0.1, 0.15) is 17.5 Å². The lowest BCUT2D eigenvalue weighted by atomic mass is 10.1. The first-order valence-corrected chi connectivity index (χ1v) is 10.6. The molecule has 1 aliphatic rings. The summed E-state index contributed by atoms with van der Waals surface area (Å²) >= 11 is 6.80. The Labute approximate surface area is 185 Å². The Kier molecular flexibility index (Phi) is 6.74. The van der Waals surface area contributed by atoms with Gasteiger partial charge < -0.3 is 15.0 Å². The van der Waals surface area contributed by atoms with E-state index in [-0.39, 0.29) is 18.9 Å². The van der Waals surface area contributed by atoms with Gasteiger partial charge in [0.25, 0.3) is 5.91 Å². The van der Waals surface area contributed by atoms with Crippen LogP contribution >= 0.6 is 31.9 Å². The van der Waals surface area contributed by atoms with Crippen LogP contribution in [0.5, 0.6) is 0 Å². The van der Waals surface area contributed by atoms with Crippen molar-refractivity contribution in [2.75, 3.05) is 23.4 Å². The van der Waals surface area contributed by atoms with Gasteiger partial charge in [0.15, 0.2) is 6.61 Å². The highest BCUT2D eigenvalue weighted by atomic mass is 79.9. The molecule has 0 spiro atoms. The number of halogens is 2. The van der Waals surface area contributed by atoms with E-state index in [1.54, 1.807) is 11.0 Å². The average molecular weight is 524 g/mol. The van der Waals surface area contributed by atoms with Gasteiger partial charge in [-0.1, -0.05) is 31.9 Å². The van der Waals surface area contributed by atoms with Gasteiger partial charge in [0.05, 0.1) is 5.92 Å². The second kappa shape index (κ2) is 9.09. The minimum Gasteiger partial charge on any atom is -0.455 e. The molecule has 6 nitrogen and oxygen atoms in total. The predicted molar refractivity (Wildman–Crippen MR) is 118 cm³/mol. The van der Waals surface area contributed by atoms with E-state index in [0.29, 0.717) is 5.69 Å². The van der Waals surface area contributed by atoms with Crippen LogP contribution in [-0.4, -0.2) is 30.9 Å². The minimum atomic E-state index is -0.587. The van der Waals surface area contributed by atoms with Gasteiger partial charge in [0, 0.05) is 33.3 Å². The molecule has 2 amide bonds. The lowest BCUT2D eigenvalue weighted by Crippen LogP contribution is -2.28. The third-order valence-corrected chi connectivity index (χ3v) is 6.33. The summed E-state index contributed by atoms with van der Waals surface area (Å²) in [6.45, 7) is 3.70. The van der Waals surface area contributed by atoms with Crippen LogP contribution in [-0.2, 0) is 19.1 Å². The molecule has 2 aromatic rings. The fourth-order valence-electron chi connectivity index (χ4n) is 3.10. The van der Waals surface area contributed by atoms with Crippen molar-refractivity contribution in [3.63, 3.8) is 0 Å². The van der Waals surface area contributed by atoms with E-state index in [1.807, 2.05) is 44.2 Å². The third-order valence-electron chi connectivity index (χ3n) is 4.94. The zero-order chi connectivity index (χ0) is 21.1. The number of ether oxygens (including phenoxy) is 1. The van der Waals surface area contributed by atoms with E-state index in [1.165, 1.54) is 0 Å². The Morgan fingerprint density at radius 2 is 1.79 bits per heavy atom. The van der Waals surface area contributed by atoms with Crippen molar-refractivity contribution in [1.82, 2.24) is 0 Å². The Balaban J connectivity index is 1.54. The topological polar surface area (TPSA) is 75.7 Å². The van der Waals surface area contributed by atoms with Gasteiger partial charge in [0.1, 0.15) is 0 Å². The molecule has 2 aromatic carbocycles. The number of carbonyl (C=O) groups excluding carboxylic acids is 3. The molecular weight excluding hydrogens is 504 g/mol. The van der Waals surface area contributed by atoms with E-state index in [0.717, 1.165) is 25.8 Å². The third kappa shape index (κ3) is 5.05. The van der Waals surface area contributed by atoms with Crippen molar-refractivity contribution in [3.05, 3.63) is 56.5 Å². The molecule has 29 heavy (non-hydrogen) atoms. The summed E-state index contributed by atoms with van der Waals surface area (Å²) in [5.74, 6) is -1.69. The summed E-state index contributed by atoms with van der Waals surface area (Å²) in [6.07, 6.45) is 0.0710. The maximum absolute atomic E-state index is 12.3. The van der Waals surface area contributed by atoms with Gasteiger partial charge in [-0.2, -0.15) is 0 Å². The van der Waals surface area contributed by atoms with E-state index in [9.17, 15) is 14.4 Å². The van der Waals surface area contributed by atoms with Gasteiger partial charge in [-0.25, -0.2) is 0 Å². The molecule has 1 aliphatic heterocycles. The van der Waals surface area contributed by atoms with Gasteiger partial charge in [-0.05, 0) is 61.4 Å². The molecule has 8 heteroatoms. The highest BCUT2D eigenvalue weighted by molar-refractivity contribution is 9.10. The van der Waals surface area contributed by atoms with Crippen LogP contribution in [0.15, 0.2) is 45.3 Å². The fourth-order valence-corrected chi connectivity index (χ4v) is 3.79. The number of amides is 2. The van der Waals surface area contributed by atoms with E-state index >= 15 is 0 Å². The summed E-state index contributed by atoms with van der Waals surface area (Å²) in [5, 5.41) is 2.75. The Hall–Kier alpha value is -2.19. The molecule has 0 unspecified atom stereocenters. The monoisotopic (exact) mass is 522 g/mol. The van der Waals surface area contributed by atoms with Crippen molar-refractivity contribution in [2.24, 2.45) is 5.92 Å². The van der Waals surface area contributed by atoms with Crippen LogP contribution in [0.3, 0.4) is 0 Å². The molecule has 1 heterocycles. The lowest BCUT2D eigenvalue weighted by molar-refractivity contribution is -0.151. The van der Waals surface area contributed by atoms with Gasteiger partial charge in [-0.15, -0.1) is 0 Å². The van der Waals surface area contributed by atoms with Crippen LogP contribution in [0.25, 0.3) is 0 Å². The van der Waals surface area contributed by atoms with E-state index < -0.39 is 24.4 Å². The number of carbonyl (C=O) groups is 3. The number of nitrogens with zero attached hydrogens (tertiary/aromatic N) is 1. The van der Waals surface area contributed by atoms with Crippen LogP contribution in [0.4, 0.5) is 11.4 Å². The lowest BCUT2D eigenvalue weighted by Gasteiger charge is -2.16. The predicted octanol–water partition coefficient (Wildman–Crippen LogP) is 4.36. The SMILES string of the molecule is Cc1c(Br)ccc(NC(=O)COC(=O)[C@H]2CC(=O)N(c3ccc(Br)cc3)C2)c1C. The molecular formula is C21H20Br2N2O4. The number of esters is 1. The largest absolute Gasteiger partial charge is 0.455 e. The van der Waals surface area contributed by atoms with Gasteiger partial charge in [0.2, 0.25) is 5.91 Å². The molecule has 0 saturated carbocycles. The number of nitrogens with one attached hydrogen (secondary N) is 1. The first-order valence-electron chi connectivity index (χ1n) is 9.04. The standard InChI is InChI=1S/C21H20Br2N2O4/c1-12-13(2)18(8-7-17(12)23)24-19(26)11-29-21(28)14-9-20(27)25(10-14)16-5-3-15(22)4-6-16/h3-8,14H,9-11H2,1-2H3,(H,24,26)/t14-/m0/s1. The van der Waals surface area contributed by atoms with Crippen molar-refractivity contribution in [2.45, 2.75) is 20.3 Å². The molecule has 3 rings (SSSR count). The Morgan fingerprint density at radius 3 is 2.48 bits per heavy atom. The summed E-state index contributed by atoms with van der Waals surface area (Å²) < 4.78 is 7.03. The molecule has 1 fully saturated rings. The van der Waals surface area contributed by atoms with E-state index in [4.69, 9.17) is 4.74 Å². The zero-order valence-corrected chi connectivity index (χ0v) is 19.2. The molecule has 0 aromatic heterocycles. The first kappa shape index (κ1) is 21.5. The first-order chi connectivity index (χ1) is 13.8. The summed E-state index contributed by atoms with van der Waals surface area (Å²) in [6, 6.07) is 10.9. The van der Waals surface area contributed by atoms with Gasteiger partial charge >= 0.3 is 5.97 Å². The molecule has 1 N–H and O–H groups in total. The van der Waals surface area contributed by atoms with Crippen LogP contribution in [0.2, 0.25) is 0 Å². The molecule has 0 aliphatic carbocycles.